The molecule has 0 spiro atoms. The van der Waals surface area contributed by atoms with Gasteiger partial charge in [0, 0.05) is 17.8 Å². The third-order valence-electron chi connectivity index (χ3n) is 5.04. The number of H-pyrrole nitrogens is 1. The summed E-state index contributed by atoms with van der Waals surface area (Å²) in [7, 11) is 0. The lowest BCUT2D eigenvalue weighted by Crippen LogP contribution is -2.20. The molecule has 1 heterocycles. The van der Waals surface area contributed by atoms with Gasteiger partial charge < -0.3 is 19.8 Å². The highest BCUT2D eigenvalue weighted by atomic mass is 16.6. The lowest BCUT2D eigenvalue weighted by atomic mass is 10.1. The van der Waals surface area contributed by atoms with Crippen LogP contribution in [0.4, 0.5) is 11.4 Å². The number of para-hydroxylation sites is 2. The van der Waals surface area contributed by atoms with Gasteiger partial charge in [0.1, 0.15) is 11.9 Å². The van der Waals surface area contributed by atoms with Gasteiger partial charge in [-0.15, -0.1) is 0 Å². The van der Waals surface area contributed by atoms with E-state index in [1.807, 2.05) is 31.2 Å². The Kier molecular flexibility index (Phi) is 7.22. The van der Waals surface area contributed by atoms with Gasteiger partial charge in [-0.05, 0) is 48.9 Å². The van der Waals surface area contributed by atoms with Gasteiger partial charge in [0.05, 0.1) is 28.1 Å². The van der Waals surface area contributed by atoms with Gasteiger partial charge in [-0.3, -0.25) is 14.9 Å². The average molecular weight is 483 g/mol. The highest BCUT2D eigenvalue weighted by Crippen LogP contribution is 2.30. The summed E-state index contributed by atoms with van der Waals surface area (Å²) >= 11 is 0. The van der Waals surface area contributed by atoms with Crippen LogP contribution in [0.15, 0.2) is 66.7 Å². The molecule has 0 saturated carbocycles. The summed E-state index contributed by atoms with van der Waals surface area (Å²) in [5, 5.41) is 23.2. The molecule has 10 heteroatoms. The van der Waals surface area contributed by atoms with Crippen molar-refractivity contribution in [2.24, 2.45) is 0 Å². The molecule has 0 atom stereocenters. The first-order valence-corrected chi connectivity index (χ1v) is 11.0. The molecule has 0 saturated heterocycles. The molecular formula is C26H21N5O5. The van der Waals surface area contributed by atoms with Gasteiger partial charge in [0.25, 0.3) is 11.6 Å². The zero-order valence-electron chi connectivity index (χ0n) is 19.2. The molecule has 10 nitrogen and oxygen atoms in total. The maximum atomic E-state index is 12.3. The predicted molar refractivity (Wildman–Crippen MR) is 134 cm³/mol. The summed E-state index contributed by atoms with van der Waals surface area (Å²) in [5.41, 5.74) is 2.78. The number of hydrogen-bond donors (Lipinski definition) is 2. The average Bonchev–Trinajstić information content (AvgIpc) is 3.31. The zero-order valence-corrected chi connectivity index (χ0v) is 19.2. The van der Waals surface area contributed by atoms with Crippen molar-refractivity contribution < 1.29 is 19.2 Å². The number of imidazole rings is 1. The maximum Gasteiger partial charge on any atom is 0.271 e. The van der Waals surface area contributed by atoms with E-state index < -0.39 is 10.8 Å². The van der Waals surface area contributed by atoms with Crippen LogP contribution in [0.3, 0.4) is 0 Å². The second-order valence-corrected chi connectivity index (χ2v) is 7.56. The van der Waals surface area contributed by atoms with Crippen LogP contribution in [0.1, 0.15) is 18.3 Å². The van der Waals surface area contributed by atoms with Gasteiger partial charge in [0.2, 0.25) is 0 Å². The number of anilines is 1. The molecule has 0 unspecified atom stereocenters. The minimum Gasteiger partial charge on any atom is -0.490 e. The number of amides is 1. The molecule has 180 valence electrons. The first kappa shape index (κ1) is 24.0. The molecule has 36 heavy (non-hydrogen) atoms. The number of nitrogens with one attached hydrogen (secondary N) is 2. The van der Waals surface area contributed by atoms with Crippen LogP contribution in [-0.4, -0.2) is 34.0 Å². The number of carbonyl (C=O) groups excluding carboxylic acids is 1. The Hall–Kier alpha value is -5.17. The number of allylic oxidation sites excluding steroid dienone is 1. The molecule has 4 rings (SSSR count). The van der Waals surface area contributed by atoms with Gasteiger partial charge in [-0.2, -0.15) is 5.26 Å². The Morgan fingerprint density at radius 2 is 1.97 bits per heavy atom. The van der Waals surface area contributed by atoms with Crippen LogP contribution >= 0.6 is 0 Å². The Balaban J connectivity index is 1.49. The monoisotopic (exact) mass is 483 g/mol. The molecule has 1 amide bonds. The summed E-state index contributed by atoms with van der Waals surface area (Å²) in [6.45, 7) is 1.84. The SMILES string of the molecule is CCOc1cc(/C=C(\C#N)c2nc3ccccc3[nH]2)ccc1OCC(=O)Nc1cccc([N+](=O)[O-])c1. The number of nitro benzene ring substituents is 1. The molecule has 0 aliphatic carbocycles. The Labute approximate surface area is 206 Å². The number of ether oxygens (including phenoxy) is 2. The number of hydrogen-bond acceptors (Lipinski definition) is 7. The van der Waals surface area contributed by atoms with E-state index >= 15 is 0 Å². The number of non-ortho nitro benzene ring substituents is 1. The zero-order chi connectivity index (χ0) is 25.5. The number of carbonyl (C=O) groups is 1. The second kappa shape index (κ2) is 10.8. The summed E-state index contributed by atoms with van der Waals surface area (Å²) in [4.78, 5) is 30.3. The van der Waals surface area contributed by atoms with Crippen molar-refractivity contribution in [3.05, 3.63) is 88.2 Å². The lowest BCUT2D eigenvalue weighted by molar-refractivity contribution is -0.384. The Morgan fingerprint density at radius 3 is 2.72 bits per heavy atom. The minimum atomic E-state index is -0.539. The van der Waals surface area contributed by atoms with Crippen LogP contribution in [0, 0.1) is 21.4 Å². The van der Waals surface area contributed by atoms with E-state index in [9.17, 15) is 20.2 Å². The quantitative estimate of drug-likeness (QED) is 0.195. The van der Waals surface area contributed by atoms with Crippen LogP contribution in [-0.2, 0) is 4.79 Å². The van der Waals surface area contributed by atoms with Crippen LogP contribution < -0.4 is 14.8 Å². The molecule has 3 aromatic carbocycles. The number of fused-ring (bicyclic) bond motifs is 1. The van der Waals surface area contributed by atoms with Crippen molar-refractivity contribution in [3.8, 4) is 17.6 Å². The van der Waals surface area contributed by atoms with Gasteiger partial charge in [-0.25, -0.2) is 4.98 Å². The second-order valence-electron chi connectivity index (χ2n) is 7.56. The number of benzene rings is 3. The first-order chi connectivity index (χ1) is 17.5. The minimum absolute atomic E-state index is 0.129. The fraction of sp³-hybridized carbons (Fsp3) is 0.115. The van der Waals surface area contributed by atoms with E-state index in [2.05, 4.69) is 21.4 Å². The van der Waals surface area contributed by atoms with E-state index in [0.717, 1.165) is 11.0 Å². The molecule has 0 fully saturated rings. The summed E-state index contributed by atoms with van der Waals surface area (Å²) in [5.74, 6) is 0.704. The maximum absolute atomic E-state index is 12.3. The summed E-state index contributed by atoms with van der Waals surface area (Å²) < 4.78 is 11.3. The number of rotatable bonds is 9. The molecule has 4 aromatic rings. The topological polar surface area (TPSA) is 143 Å². The largest absolute Gasteiger partial charge is 0.490 e. The van der Waals surface area contributed by atoms with Crippen molar-refractivity contribution in [2.75, 3.05) is 18.5 Å². The molecule has 0 radical (unpaired) electrons. The smallest absolute Gasteiger partial charge is 0.271 e. The summed E-state index contributed by atoms with van der Waals surface area (Å²) in [6, 6.07) is 20.4. The molecular weight excluding hydrogens is 462 g/mol. The Morgan fingerprint density at radius 1 is 1.14 bits per heavy atom. The number of nitro groups is 1. The van der Waals surface area contributed by atoms with Crippen molar-refractivity contribution in [2.45, 2.75) is 6.92 Å². The van der Waals surface area contributed by atoms with Crippen LogP contribution in [0.25, 0.3) is 22.7 Å². The fourth-order valence-corrected chi connectivity index (χ4v) is 3.44. The van der Waals surface area contributed by atoms with Crippen molar-refractivity contribution in [1.82, 2.24) is 9.97 Å². The third-order valence-corrected chi connectivity index (χ3v) is 5.04. The lowest BCUT2D eigenvalue weighted by Gasteiger charge is -2.13. The predicted octanol–water partition coefficient (Wildman–Crippen LogP) is 4.95. The first-order valence-electron chi connectivity index (χ1n) is 11.0. The molecule has 0 bridgehead atoms. The summed E-state index contributed by atoms with van der Waals surface area (Å²) in [6.07, 6.45) is 1.68. The number of nitriles is 1. The molecule has 1 aromatic heterocycles. The molecule has 2 N–H and O–H groups in total. The van der Waals surface area contributed by atoms with Crippen molar-refractivity contribution in [3.63, 3.8) is 0 Å². The highest BCUT2D eigenvalue weighted by Gasteiger charge is 2.13. The van der Waals surface area contributed by atoms with Crippen molar-refractivity contribution >= 4 is 40.0 Å². The van der Waals surface area contributed by atoms with Crippen LogP contribution in [0.2, 0.25) is 0 Å². The van der Waals surface area contributed by atoms with Crippen LogP contribution in [0.5, 0.6) is 11.5 Å². The standard InChI is InChI=1S/C26H21N5O5/c1-2-35-24-13-17(12-18(15-27)26-29-21-8-3-4-9-22(21)30-26)10-11-23(24)36-16-25(32)28-19-6-5-7-20(14-19)31(33)34/h3-14H,2,16H2,1H3,(H,28,32)(H,29,30)/b18-12+. The number of nitrogens with zero attached hydrogens (tertiary/aromatic N) is 3. The molecule has 0 aliphatic rings. The van der Waals surface area contributed by atoms with E-state index in [4.69, 9.17) is 9.47 Å². The van der Waals surface area contributed by atoms with E-state index in [-0.39, 0.29) is 18.0 Å². The highest BCUT2D eigenvalue weighted by molar-refractivity contribution is 5.92. The number of aromatic amines is 1. The normalized spacial score (nSPS) is 11.1. The van der Waals surface area contributed by atoms with Gasteiger partial charge in [0.15, 0.2) is 18.1 Å². The van der Waals surface area contributed by atoms with Gasteiger partial charge >= 0.3 is 0 Å². The fourth-order valence-electron chi connectivity index (χ4n) is 3.44. The number of aromatic nitrogens is 2. The Bertz CT molecular complexity index is 1470. The van der Waals surface area contributed by atoms with Crippen molar-refractivity contribution in [1.29, 1.82) is 5.26 Å². The van der Waals surface area contributed by atoms with E-state index in [1.54, 1.807) is 30.3 Å². The molecule has 0 aliphatic heterocycles. The third kappa shape index (κ3) is 5.66. The van der Waals surface area contributed by atoms with Gasteiger partial charge in [-0.1, -0.05) is 24.3 Å². The van der Waals surface area contributed by atoms with E-state index in [1.165, 1.54) is 18.2 Å². The van der Waals surface area contributed by atoms with E-state index in [0.29, 0.717) is 35.1 Å².